The Balaban J connectivity index is 1.59. The van der Waals surface area contributed by atoms with E-state index in [0.717, 1.165) is 48.4 Å². The summed E-state index contributed by atoms with van der Waals surface area (Å²) in [6.07, 6.45) is 3.90. The molecule has 1 N–H and O–H groups in total. The summed E-state index contributed by atoms with van der Waals surface area (Å²) in [6, 6.07) is 7.29. The SMILES string of the molecule is Cc1cn2nc(-c3cc4c(F)cc(C5CCNCC5)cc4nn3)cc(C)c2n1. The van der Waals surface area contributed by atoms with Gasteiger partial charge in [-0.05, 0) is 81.1 Å². The molecule has 3 aromatic heterocycles. The minimum absolute atomic E-state index is 0.251. The average Bonchev–Trinajstić information content (AvgIpc) is 3.09. The molecule has 0 radical (unpaired) electrons. The summed E-state index contributed by atoms with van der Waals surface area (Å²) < 4.78 is 16.7. The first-order chi connectivity index (χ1) is 13.6. The first-order valence-electron chi connectivity index (χ1n) is 9.60. The first kappa shape index (κ1) is 17.2. The van der Waals surface area contributed by atoms with E-state index in [1.54, 1.807) is 16.6 Å². The molecule has 5 rings (SSSR count). The summed E-state index contributed by atoms with van der Waals surface area (Å²) in [6.45, 7) is 5.85. The number of piperidine rings is 1. The number of hydrogen-bond donors (Lipinski definition) is 1. The lowest BCUT2D eigenvalue weighted by atomic mass is 9.89. The number of nitrogens with zero attached hydrogens (tertiary/aromatic N) is 5. The minimum atomic E-state index is -0.251. The highest BCUT2D eigenvalue weighted by molar-refractivity contribution is 5.83. The largest absolute Gasteiger partial charge is 0.317 e. The van der Waals surface area contributed by atoms with E-state index in [9.17, 15) is 4.39 Å². The number of aryl methyl sites for hydroxylation is 2. The first-order valence-corrected chi connectivity index (χ1v) is 9.60. The molecule has 0 amide bonds. The standard InChI is InChI=1S/C21H21FN6/c1-12-7-20(27-28-11-13(2)24-21(12)28)19-10-16-17(22)8-15(9-18(16)25-26-19)14-3-5-23-6-4-14/h7-11,14,23H,3-6H2,1-2H3. The van der Waals surface area contributed by atoms with Crippen LogP contribution in [0.3, 0.4) is 0 Å². The summed E-state index contributed by atoms with van der Waals surface area (Å²) >= 11 is 0. The Morgan fingerprint density at radius 3 is 2.68 bits per heavy atom. The number of imidazole rings is 1. The van der Waals surface area contributed by atoms with E-state index in [1.165, 1.54) is 0 Å². The molecule has 7 heteroatoms. The molecule has 0 spiro atoms. The fraction of sp³-hybridized carbons (Fsp3) is 0.333. The van der Waals surface area contributed by atoms with Crippen LogP contribution in [0.2, 0.25) is 0 Å². The van der Waals surface area contributed by atoms with Crippen LogP contribution in [-0.2, 0) is 0 Å². The zero-order valence-corrected chi connectivity index (χ0v) is 15.9. The molecule has 0 aliphatic carbocycles. The van der Waals surface area contributed by atoms with Crippen LogP contribution in [0.25, 0.3) is 27.9 Å². The Morgan fingerprint density at radius 1 is 1.04 bits per heavy atom. The van der Waals surface area contributed by atoms with Gasteiger partial charge in [-0.25, -0.2) is 13.9 Å². The van der Waals surface area contributed by atoms with Crippen molar-refractivity contribution < 1.29 is 4.39 Å². The highest BCUT2D eigenvalue weighted by Crippen LogP contribution is 2.30. The maximum absolute atomic E-state index is 14.9. The Labute approximate surface area is 161 Å². The number of aromatic nitrogens is 5. The summed E-state index contributed by atoms with van der Waals surface area (Å²) in [5.74, 6) is 0.122. The van der Waals surface area contributed by atoms with Gasteiger partial charge in [-0.15, -0.1) is 10.2 Å². The van der Waals surface area contributed by atoms with Gasteiger partial charge < -0.3 is 5.32 Å². The zero-order valence-electron chi connectivity index (χ0n) is 15.9. The van der Waals surface area contributed by atoms with Crippen LogP contribution < -0.4 is 5.32 Å². The molecule has 4 heterocycles. The fourth-order valence-corrected chi connectivity index (χ4v) is 4.01. The molecule has 0 atom stereocenters. The molecule has 28 heavy (non-hydrogen) atoms. The van der Waals surface area contributed by atoms with Gasteiger partial charge in [0.2, 0.25) is 0 Å². The Kier molecular flexibility index (Phi) is 4.05. The molecule has 1 aliphatic rings. The quantitative estimate of drug-likeness (QED) is 0.579. The third-order valence-electron chi connectivity index (χ3n) is 5.48. The van der Waals surface area contributed by atoms with Gasteiger partial charge in [-0.1, -0.05) is 0 Å². The zero-order chi connectivity index (χ0) is 19.3. The lowest BCUT2D eigenvalue weighted by Crippen LogP contribution is -2.26. The maximum atomic E-state index is 14.9. The number of fused-ring (bicyclic) bond motifs is 2. The van der Waals surface area contributed by atoms with E-state index in [2.05, 4.69) is 25.6 Å². The fourth-order valence-electron chi connectivity index (χ4n) is 4.01. The second-order valence-electron chi connectivity index (χ2n) is 7.55. The van der Waals surface area contributed by atoms with Crippen molar-refractivity contribution in [3.05, 3.63) is 53.1 Å². The van der Waals surface area contributed by atoms with Gasteiger partial charge in [0.1, 0.15) is 17.2 Å². The number of rotatable bonds is 2. The molecule has 1 fully saturated rings. The van der Waals surface area contributed by atoms with Crippen molar-refractivity contribution >= 4 is 16.6 Å². The molecule has 0 bridgehead atoms. The van der Waals surface area contributed by atoms with Gasteiger partial charge in [-0.2, -0.15) is 5.10 Å². The molecule has 1 saturated heterocycles. The minimum Gasteiger partial charge on any atom is -0.317 e. The Bertz CT molecular complexity index is 1190. The topological polar surface area (TPSA) is 68.0 Å². The second kappa shape index (κ2) is 6.60. The van der Waals surface area contributed by atoms with Crippen LogP contribution in [0, 0.1) is 19.7 Å². The molecule has 1 aliphatic heterocycles. The highest BCUT2D eigenvalue weighted by Gasteiger charge is 2.18. The summed E-state index contributed by atoms with van der Waals surface area (Å²) in [5, 5.41) is 17.1. The van der Waals surface area contributed by atoms with Gasteiger partial charge in [-0.3, -0.25) is 0 Å². The average molecular weight is 376 g/mol. The second-order valence-corrected chi connectivity index (χ2v) is 7.55. The van der Waals surface area contributed by atoms with Crippen molar-refractivity contribution in [1.82, 2.24) is 30.1 Å². The third kappa shape index (κ3) is 2.92. The lowest BCUT2D eigenvalue weighted by molar-refractivity contribution is 0.459. The van der Waals surface area contributed by atoms with Gasteiger partial charge in [0.05, 0.1) is 17.4 Å². The summed E-state index contributed by atoms with van der Waals surface area (Å²) in [7, 11) is 0. The Hall–Kier alpha value is -2.93. The molecule has 1 aromatic carbocycles. The molecular formula is C21H21FN6. The van der Waals surface area contributed by atoms with E-state index in [0.29, 0.717) is 28.2 Å². The normalized spacial score (nSPS) is 15.5. The molecule has 0 saturated carbocycles. The number of hydrogen-bond acceptors (Lipinski definition) is 5. The molecule has 0 unspecified atom stereocenters. The number of nitrogens with one attached hydrogen (secondary N) is 1. The Morgan fingerprint density at radius 2 is 1.86 bits per heavy atom. The van der Waals surface area contributed by atoms with Crippen molar-refractivity contribution in [1.29, 1.82) is 0 Å². The van der Waals surface area contributed by atoms with E-state index < -0.39 is 0 Å². The van der Waals surface area contributed by atoms with Gasteiger partial charge >= 0.3 is 0 Å². The number of halogens is 1. The van der Waals surface area contributed by atoms with Crippen LogP contribution in [0.15, 0.2) is 30.5 Å². The molecule has 4 aromatic rings. The summed E-state index contributed by atoms with van der Waals surface area (Å²) in [5.41, 5.74) is 5.51. The maximum Gasteiger partial charge on any atom is 0.156 e. The molecule has 142 valence electrons. The van der Waals surface area contributed by atoms with Crippen LogP contribution in [0.4, 0.5) is 4.39 Å². The van der Waals surface area contributed by atoms with Gasteiger partial charge in [0.15, 0.2) is 5.65 Å². The highest BCUT2D eigenvalue weighted by atomic mass is 19.1. The van der Waals surface area contributed by atoms with Crippen LogP contribution >= 0.6 is 0 Å². The van der Waals surface area contributed by atoms with E-state index >= 15 is 0 Å². The lowest BCUT2D eigenvalue weighted by Gasteiger charge is -2.23. The van der Waals surface area contributed by atoms with Gasteiger partial charge in [0, 0.05) is 5.39 Å². The predicted molar refractivity (Wildman–Crippen MR) is 106 cm³/mol. The smallest absolute Gasteiger partial charge is 0.156 e. The van der Waals surface area contributed by atoms with Crippen molar-refractivity contribution in [2.24, 2.45) is 0 Å². The van der Waals surface area contributed by atoms with Crippen LogP contribution in [0.1, 0.15) is 35.6 Å². The van der Waals surface area contributed by atoms with E-state index in [1.807, 2.05) is 32.2 Å². The van der Waals surface area contributed by atoms with Crippen molar-refractivity contribution in [3.63, 3.8) is 0 Å². The predicted octanol–water partition coefficient (Wildman–Crippen LogP) is 3.56. The van der Waals surface area contributed by atoms with E-state index in [-0.39, 0.29) is 5.82 Å². The van der Waals surface area contributed by atoms with Crippen molar-refractivity contribution in [2.45, 2.75) is 32.6 Å². The van der Waals surface area contributed by atoms with Gasteiger partial charge in [0.25, 0.3) is 0 Å². The third-order valence-corrected chi connectivity index (χ3v) is 5.48. The monoisotopic (exact) mass is 376 g/mol. The van der Waals surface area contributed by atoms with Crippen LogP contribution in [0.5, 0.6) is 0 Å². The van der Waals surface area contributed by atoms with Crippen LogP contribution in [-0.4, -0.2) is 37.9 Å². The molecule has 6 nitrogen and oxygen atoms in total. The van der Waals surface area contributed by atoms with E-state index in [4.69, 9.17) is 0 Å². The van der Waals surface area contributed by atoms with Crippen molar-refractivity contribution in [2.75, 3.05) is 13.1 Å². The van der Waals surface area contributed by atoms with Crippen molar-refractivity contribution in [3.8, 4) is 11.4 Å². The number of benzene rings is 1. The summed E-state index contributed by atoms with van der Waals surface area (Å²) in [4.78, 5) is 4.47. The molecular weight excluding hydrogens is 355 g/mol.